The molecule has 2 aliphatic rings. The Labute approximate surface area is 148 Å². The van der Waals surface area contributed by atoms with Gasteiger partial charge < -0.3 is 9.64 Å². The summed E-state index contributed by atoms with van der Waals surface area (Å²) in [4.78, 5) is 22.8. The van der Waals surface area contributed by atoms with Gasteiger partial charge in [0.1, 0.15) is 5.75 Å². The number of carbonyl (C=O) groups excluding carboxylic acids is 1. The molecular weight excluding hydrogens is 314 g/mol. The fourth-order valence-electron chi connectivity index (χ4n) is 4.01. The average molecular weight is 337 g/mol. The first-order chi connectivity index (χ1) is 12.2. The SMILES string of the molecule is O=C(Cc1ccccn1)N1CCC2(CC1)CC(Oc1cccnc1)C2. The largest absolute Gasteiger partial charge is 0.489 e. The third-order valence-electron chi connectivity index (χ3n) is 5.49. The summed E-state index contributed by atoms with van der Waals surface area (Å²) < 4.78 is 5.98. The van der Waals surface area contributed by atoms with E-state index in [1.165, 1.54) is 0 Å². The van der Waals surface area contributed by atoms with E-state index in [-0.39, 0.29) is 5.91 Å². The summed E-state index contributed by atoms with van der Waals surface area (Å²) in [6.07, 6.45) is 10.3. The second kappa shape index (κ2) is 6.82. The highest BCUT2D eigenvalue weighted by atomic mass is 16.5. The molecule has 2 aromatic heterocycles. The molecule has 1 saturated carbocycles. The van der Waals surface area contributed by atoms with Crippen LogP contribution >= 0.6 is 0 Å². The lowest BCUT2D eigenvalue weighted by Gasteiger charge is -2.51. The van der Waals surface area contributed by atoms with E-state index in [1.807, 2.05) is 35.2 Å². The maximum absolute atomic E-state index is 12.4. The van der Waals surface area contributed by atoms with Gasteiger partial charge in [-0.15, -0.1) is 0 Å². The van der Waals surface area contributed by atoms with E-state index in [0.717, 1.165) is 50.2 Å². The number of aromatic nitrogens is 2. The molecule has 25 heavy (non-hydrogen) atoms. The Morgan fingerprint density at radius 2 is 2.00 bits per heavy atom. The zero-order valence-corrected chi connectivity index (χ0v) is 14.3. The number of piperidine rings is 1. The summed E-state index contributed by atoms with van der Waals surface area (Å²) in [5, 5.41) is 0. The summed E-state index contributed by atoms with van der Waals surface area (Å²) in [5.41, 5.74) is 1.22. The molecule has 2 aromatic rings. The van der Waals surface area contributed by atoms with Crippen molar-refractivity contribution in [1.29, 1.82) is 0 Å². The fourth-order valence-corrected chi connectivity index (χ4v) is 4.01. The van der Waals surface area contributed by atoms with E-state index in [0.29, 0.717) is 17.9 Å². The lowest BCUT2D eigenvalue weighted by Crippen LogP contribution is -2.52. The quantitative estimate of drug-likeness (QED) is 0.861. The Bertz CT molecular complexity index is 704. The highest BCUT2D eigenvalue weighted by molar-refractivity contribution is 5.78. The molecule has 1 spiro atoms. The molecule has 0 bridgehead atoms. The van der Waals surface area contributed by atoms with Gasteiger partial charge in [0.15, 0.2) is 0 Å². The number of rotatable bonds is 4. The Morgan fingerprint density at radius 1 is 1.16 bits per heavy atom. The molecule has 0 N–H and O–H groups in total. The minimum Gasteiger partial charge on any atom is -0.489 e. The van der Waals surface area contributed by atoms with Crippen LogP contribution in [-0.4, -0.2) is 40.0 Å². The van der Waals surface area contributed by atoms with E-state index in [1.54, 1.807) is 18.6 Å². The molecule has 3 heterocycles. The zero-order valence-electron chi connectivity index (χ0n) is 14.3. The maximum atomic E-state index is 12.4. The van der Waals surface area contributed by atoms with Crippen LogP contribution in [0.1, 0.15) is 31.4 Å². The van der Waals surface area contributed by atoms with Crippen molar-refractivity contribution >= 4 is 5.91 Å². The van der Waals surface area contributed by atoms with Crippen molar-refractivity contribution in [3.63, 3.8) is 0 Å². The highest BCUT2D eigenvalue weighted by Crippen LogP contribution is 2.50. The molecule has 5 nitrogen and oxygen atoms in total. The summed E-state index contributed by atoms with van der Waals surface area (Å²) in [7, 11) is 0. The molecule has 130 valence electrons. The molecule has 5 heteroatoms. The van der Waals surface area contributed by atoms with Crippen LogP contribution in [0.4, 0.5) is 0 Å². The van der Waals surface area contributed by atoms with Gasteiger partial charge in [-0.3, -0.25) is 14.8 Å². The van der Waals surface area contributed by atoms with E-state index in [4.69, 9.17) is 4.74 Å². The van der Waals surface area contributed by atoms with Crippen molar-refractivity contribution in [2.45, 2.75) is 38.2 Å². The van der Waals surface area contributed by atoms with Gasteiger partial charge in [-0.2, -0.15) is 0 Å². The third kappa shape index (κ3) is 3.65. The smallest absolute Gasteiger partial charge is 0.228 e. The van der Waals surface area contributed by atoms with Gasteiger partial charge in [0.25, 0.3) is 0 Å². The highest BCUT2D eigenvalue weighted by Gasteiger charge is 2.47. The predicted molar refractivity (Wildman–Crippen MR) is 94.1 cm³/mol. The summed E-state index contributed by atoms with van der Waals surface area (Å²) in [5.74, 6) is 1.04. The first kappa shape index (κ1) is 16.1. The number of amides is 1. The van der Waals surface area contributed by atoms with Gasteiger partial charge in [0.2, 0.25) is 5.91 Å². The van der Waals surface area contributed by atoms with Crippen LogP contribution in [0.15, 0.2) is 48.9 Å². The molecule has 1 saturated heterocycles. The monoisotopic (exact) mass is 337 g/mol. The number of hydrogen-bond donors (Lipinski definition) is 0. The third-order valence-corrected chi connectivity index (χ3v) is 5.49. The average Bonchev–Trinajstić information content (AvgIpc) is 2.63. The number of likely N-dealkylation sites (tertiary alicyclic amines) is 1. The summed E-state index contributed by atoms with van der Waals surface area (Å²) >= 11 is 0. The van der Waals surface area contributed by atoms with Gasteiger partial charge in [0.05, 0.1) is 18.7 Å². The zero-order chi connectivity index (χ0) is 17.1. The van der Waals surface area contributed by atoms with Crippen molar-refractivity contribution < 1.29 is 9.53 Å². The molecular formula is C20H23N3O2. The van der Waals surface area contributed by atoms with Crippen molar-refractivity contribution in [2.24, 2.45) is 5.41 Å². The second-order valence-electron chi connectivity index (χ2n) is 7.22. The summed E-state index contributed by atoms with van der Waals surface area (Å²) in [6.45, 7) is 1.70. The molecule has 0 atom stereocenters. The standard InChI is InChI=1S/C20H23N3O2/c24-19(12-16-4-1-2-9-22-16)23-10-6-20(7-11-23)13-18(14-20)25-17-5-3-8-21-15-17/h1-5,8-9,15,18H,6-7,10-14H2. The molecule has 2 fully saturated rings. The Hall–Kier alpha value is -2.43. The minimum atomic E-state index is 0.191. The number of nitrogens with zero attached hydrogens (tertiary/aromatic N) is 3. The molecule has 0 radical (unpaired) electrons. The number of pyridine rings is 2. The fraction of sp³-hybridized carbons (Fsp3) is 0.450. The van der Waals surface area contributed by atoms with E-state index < -0.39 is 0 Å². The number of carbonyl (C=O) groups is 1. The Kier molecular flexibility index (Phi) is 4.38. The molecule has 4 rings (SSSR count). The van der Waals surface area contributed by atoms with Crippen molar-refractivity contribution in [1.82, 2.24) is 14.9 Å². The van der Waals surface area contributed by atoms with Crippen LogP contribution in [0.2, 0.25) is 0 Å². The van der Waals surface area contributed by atoms with Crippen molar-refractivity contribution in [3.8, 4) is 5.75 Å². The van der Waals surface area contributed by atoms with Gasteiger partial charge in [0, 0.05) is 31.2 Å². The van der Waals surface area contributed by atoms with Crippen molar-refractivity contribution in [3.05, 3.63) is 54.6 Å². The van der Waals surface area contributed by atoms with Crippen LogP contribution in [0, 0.1) is 5.41 Å². The predicted octanol–water partition coefficient (Wildman–Crippen LogP) is 2.87. The van der Waals surface area contributed by atoms with Crippen LogP contribution in [-0.2, 0) is 11.2 Å². The Balaban J connectivity index is 1.24. The van der Waals surface area contributed by atoms with Gasteiger partial charge in [-0.1, -0.05) is 6.07 Å². The van der Waals surface area contributed by atoms with Crippen LogP contribution in [0.3, 0.4) is 0 Å². The molecule has 1 aliphatic heterocycles. The van der Waals surface area contributed by atoms with Gasteiger partial charge in [-0.25, -0.2) is 0 Å². The lowest BCUT2D eigenvalue weighted by molar-refractivity contribution is -0.135. The molecule has 1 aliphatic carbocycles. The molecule has 0 unspecified atom stereocenters. The van der Waals surface area contributed by atoms with E-state index in [2.05, 4.69) is 9.97 Å². The first-order valence-electron chi connectivity index (χ1n) is 8.97. The minimum absolute atomic E-state index is 0.191. The van der Waals surface area contributed by atoms with Crippen LogP contribution in [0.5, 0.6) is 5.75 Å². The van der Waals surface area contributed by atoms with Gasteiger partial charge >= 0.3 is 0 Å². The van der Waals surface area contributed by atoms with Crippen LogP contribution in [0.25, 0.3) is 0 Å². The maximum Gasteiger partial charge on any atom is 0.228 e. The van der Waals surface area contributed by atoms with Crippen molar-refractivity contribution in [2.75, 3.05) is 13.1 Å². The number of hydrogen-bond acceptors (Lipinski definition) is 4. The van der Waals surface area contributed by atoms with E-state index >= 15 is 0 Å². The summed E-state index contributed by atoms with van der Waals surface area (Å²) in [6, 6.07) is 9.57. The second-order valence-corrected chi connectivity index (χ2v) is 7.22. The molecule has 0 aromatic carbocycles. The first-order valence-corrected chi connectivity index (χ1v) is 8.97. The lowest BCUT2D eigenvalue weighted by atomic mass is 9.61. The normalized spacial score (nSPS) is 19.4. The van der Waals surface area contributed by atoms with E-state index in [9.17, 15) is 4.79 Å². The van der Waals surface area contributed by atoms with Crippen LogP contribution < -0.4 is 4.74 Å². The molecule has 1 amide bonds. The topological polar surface area (TPSA) is 55.3 Å². The Morgan fingerprint density at radius 3 is 2.68 bits per heavy atom. The van der Waals surface area contributed by atoms with Gasteiger partial charge in [-0.05, 0) is 55.4 Å². The number of ether oxygens (including phenoxy) is 1.